The molecule has 0 aromatic rings. The number of carbonyl (C=O) groups excluding carboxylic acids is 1. The molecule has 2 atom stereocenters. The van der Waals surface area contributed by atoms with E-state index in [0.29, 0.717) is 17.3 Å². The highest BCUT2D eigenvalue weighted by Gasteiger charge is 2.22. The zero-order valence-electron chi connectivity index (χ0n) is 10.3. The fourth-order valence-electron chi connectivity index (χ4n) is 1.94. The van der Waals surface area contributed by atoms with Gasteiger partial charge in [0.2, 0.25) is 0 Å². The Morgan fingerprint density at radius 3 is 2.78 bits per heavy atom. The molecule has 0 heterocycles. The van der Waals surface area contributed by atoms with E-state index in [1.165, 1.54) is 0 Å². The Bertz CT molecular complexity index is 374. The molecule has 18 heavy (non-hydrogen) atoms. The van der Waals surface area contributed by atoms with Crippen LogP contribution in [-0.4, -0.2) is 32.5 Å². The largest absolute Gasteiger partial charge is 0.449 e. The second-order valence-corrected chi connectivity index (χ2v) is 7.10. The van der Waals surface area contributed by atoms with E-state index in [-0.39, 0.29) is 6.61 Å². The standard InChI is InChI=1S/C10H19BrN2O4S/c1-2-17-10(14)13-18(15,16)12-7-8-4-3-5-9(11)6-8/h8-9,12H,2-7H2,1H3,(H,13,14). The van der Waals surface area contributed by atoms with Crippen LogP contribution in [0.1, 0.15) is 32.6 Å². The number of hydrogen-bond acceptors (Lipinski definition) is 4. The van der Waals surface area contributed by atoms with E-state index in [4.69, 9.17) is 0 Å². The maximum Gasteiger partial charge on any atom is 0.421 e. The minimum absolute atomic E-state index is 0.134. The van der Waals surface area contributed by atoms with Crippen molar-refractivity contribution in [3.05, 3.63) is 0 Å². The number of rotatable bonds is 5. The van der Waals surface area contributed by atoms with Crippen LogP contribution in [0.2, 0.25) is 0 Å². The molecule has 1 fully saturated rings. The van der Waals surface area contributed by atoms with Crippen molar-refractivity contribution in [3.63, 3.8) is 0 Å². The number of carbonyl (C=O) groups is 1. The molecule has 1 aliphatic rings. The highest BCUT2D eigenvalue weighted by molar-refractivity contribution is 9.09. The van der Waals surface area contributed by atoms with Crippen LogP contribution in [0.5, 0.6) is 0 Å². The van der Waals surface area contributed by atoms with Crippen molar-refractivity contribution >= 4 is 32.2 Å². The lowest BCUT2D eigenvalue weighted by Crippen LogP contribution is -2.42. The van der Waals surface area contributed by atoms with E-state index < -0.39 is 16.3 Å². The van der Waals surface area contributed by atoms with E-state index >= 15 is 0 Å². The maximum absolute atomic E-state index is 11.5. The molecule has 0 bridgehead atoms. The lowest BCUT2D eigenvalue weighted by Gasteiger charge is -2.25. The quantitative estimate of drug-likeness (QED) is 0.742. The Morgan fingerprint density at radius 2 is 2.17 bits per heavy atom. The topological polar surface area (TPSA) is 84.5 Å². The van der Waals surface area contributed by atoms with Gasteiger partial charge in [-0.15, -0.1) is 0 Å². The van der Waals surface area contributed by atoms with Crippen LogP contribution in [0.25, 0.3) is 0 Å². The van der Waals surface area contributed by atoms with Crippen molar-refractivity contribution < 1.29 is 17.9 Å². The lowest BCUT2D eigenvalue weighted by atomic mass is 9.89. The molecule has 0 saturated heterocycles. The van der Waals surface area contributed by atoms with Crippen LogP contribution in [0.3, 0.4) is 0 Å². The van der Waals surface area contributed by atoms with Crippen LogP contribution in [0.4, 0.5) is 4.79 Å². The van der Waals surface area contributed by atoms with Gasteiger partial charge in [-0.05, 0) is 32.1 Å². The Balaban J connectivity index is 2.34. The summed E-state index contributed by atoms with van der Waals surface area (Å²) >= 11 is 3.54. The van der Waals surface area contributed by atoms with Gasteiger partial charge in [0.15, 0.2) is 0 Å². The first kappa shape index (κ1) is 15.7. The molecule has 2 N–H and O–H groups in total. The van der Waals surface area contributed by atoms with Crippen molar-refractivity contribution in [2.45, 2.75) is 37.4 Å². The van der Waals surface area contributed by atoms with Gasteiger partial charge >= 0.3 is 16.3 Å². The van der Waals surface area contributed by atoms with E-state index in [2.05, 4.69) is 25.4 Å². The van der Waals surface area contributed by atoms with Gasteiger partial charge in [0, 0.05) is 11.4 Å². The van der Waals surface area contributed by atoms with E-state index in [1.807, 2.05) is 0 Å². The van der Waals surface area contributed by atoms with Crippen molar-refractivity contribution in [3.8, 4) is 0 Å². The molecule has 1 saturated carbocycles. The molecule has 6 nitrogen and oxygen atoms in total. The SMILES string of the molecule is CCOC(=O)NS(=O)(=O)NCC1CCCC(Br)C1. The second kappa shape index (κ2) is 7.30. The van der Waals surface area contributed by atoms with Crippen LogP contribution in [-0.2, 0) is 14.9 Å². The first-order chi connectivity index (χ1) is 8.43. The highest BCUT2D eigenvalue weighted by atomic mass is 79.9. The van der Waals surface area contributed by atoms with Crippen molar-refractivity contribution in [1.82, 2.24) is 9.44 Å². The Labute approximate surface area is 116 Å². The molecule has 8 heteroatoms. The lowest BCUT2D eigenvalue weighted by molar-refractivity contribution is 0.158. The fraction of sp³-hybridized carbons (Fsp3) is 0.900. The van der Waals surface area contributed by atoms with E-state index in [0.717, 1.165) is 25.7 Å². The van der Waals surface area contributed by atoms with Crippen LogP contribution in [0, 0.1) is 5.92 Å². The molecule has 1 amide bonds. The zero-order valence-corrected chi connectivity index (χ0v) is 12.7. The molecule has 0 spiro atoms. The molecule has 0 aromatic carbocycles. The number of hydrogen-bond donors (Lipinski definition) is 2. The van der Waals surface area contributed by atoms with Gasteiger partial charge in [-0.1, -0.05) is 22.4 Å². The Kier molecular flexibility index (Phi) is 6.37. The van der Waals surface area contributed by atoms with Gasteiger partial charge in [0.1, 0.15) is 0 Å². The van der Waals surface area contributed by atoms with Crippen LogP contribution in [0.15, 0.2) is 0 Å². The predicted molar refractivity (Wildman–Crippen MR) is 71.8 cm³/mol. The Hall–Kier alpha value is -0.340. The molecule has 1 rings (SSSR count). The normalized spacial score (nSPS) is 24.6. The summed E-state index contributed by atoms with van der Waals surface area (Å²) < 4.78 is 31.7. The van der Waals surface area contributed by atoms with Crippen LogP contribution < -0.4 is 9.44 Å². The first-order valence-electron chi connectivity index (χ1n) is 6.01. The fourth-order valence-corrected chi connectivity index (χ4v) is 3.60. The maximum atomic E-state index is 11.5. The molecule has 0 radical (unpaired) electrons. The van der Waals surface area contributed by atoms with Gasteiger partial charge in [-0.3, -0.25) is 0 Å². The minimum atomic E-state index is -3.81. The van der Waals surface area contributed by atoms with Gasteiger partial charge < -0.3 is 4.74 Å². The third-order valence-electron chi connectivity index (χ3n) is 2.77. The molecular formula is C10H19BrN2O4S. The number of nitrogens with one attached hydrogen (secondary N) is 2. The summed E-state index contributed by atoms with van der Waals surface area (Å²) in [6.07, 6.45) is 3.22. The number of ether oxygens (including phenoxy) is 1. The minimum Gasteiger partial charge on any atom is -0.449 e. The molecular weight excluding hydrogens is 324 g/mol. The molecule has 0 aliphatic heterocycles. The summed E-state index contributed by atoms with van der Waals surface area (Å²) in [6.45, 7) is 2.09. The average Bonchev–Trinajstić information content (AvgIpc) is 2.26. The van der Waals surface area contributed by atoms with Gasteiger partial charge in [0.05, 0.1) is 6.61 Å². The van der Waals surface area contributed by atoms with Crippen LogP contribution >= 0.6 is 15.9 Å². The number of alkyl halides is 1. The van der Waals surface area contributed by atoms with Crippen molar-refractivity contribution in [2.24, 2.45) is 5.92 Å². The third-order valence-corrected chi connectivity index (χ3v) is 4.59. The summed E-state index contributed by atoms with van der Waals surface area (Å²) in [5.74, 6) is 0.307. The number of halogens is 1. The monoisotopic (exact) mass is 342 g/mol. The summed E-state index contributed by atoms with van der Waals surface area (Å²) in [7, 11) is -3.81. The summed E-state index contributed by atoms with van der Waals surface area (Å²) in [4.78, 5) is 11.5. The molecule has 2 unspecified atom stereocenters. The zero-order chi connectivity index (χ0) is 13.6. The second-order valence-electron chi connectivity index (χ2n) is 4.30. The summed E-state index contributed by atoms with van der Waals surface area (Å²) in [6, 6.07) is 0. The summed E-state index contributed by atoms with van der Waals surface area (Å²) in [5, 5.41) is 0. The smallest absolute Gasteiger partial charge is 0.421 e. The van der Waals surface area contributed by atoms with Crippen molar-refractivity contribution in [1.29, 1.82) is 0 Å². The molecule has 106 valence electrons. The molecule has 1 aliphatic carbocycles. The van der Waals surface area contributed by atoms with Gasteiger partial charge in [-0.25, -0.2) is 9.52 Å². The van der Waals surface area contributed by atoms with Gasteiger partial charge in [0.25, 0.3) is 0 Å². The van der Waals surface area contributed by atoms with E-state index in [1.54, 1.807) is 11.6 Å². The van der Waals surface area contributed by atoms with E-state index in [9.17, 15) is 13.2 Å². The summed E-state index contributed by atoms with van der Waals surface area (Å²) in [5.41, 5.74) is 0. The highest BCUT2D eigenvalue weighted by Crippen LogP contribution is 2.28. The number of amides is 1. The van der Waals surface area contributed by atoms with Crippen molar-refractivity contribution in [2.75, 3.05) is 13.2 Å². The van der Waals surface area contributed by atoms with Gasteiger partial charge in [-0.2, -0.15) is 13.1 Å². The predicted octanol–water partition coefficient (Wildman–Crippen LogP) is 1.52. The molecule has 0 aromatic heterocycles. The Morgan fingerprint density at radius 1 is 1.44 bits per heavy atom. The first-order valence-corrected chi connectivity index (χ1v) is 8.41. The third kappa shape index (κ3) is 6.01. The average molecular weight is 343 g/mol.